The van der Waals surface area contributed by atoms with Crippen LogP contribution in [0.1, 0.15) is 58.3 Å². The fraction of sp³-hybridized carbons (Fsp3) is 0.952. The van der Waals surface area contributed by atoms with E-state index in [0.717, 1.165) is 12.5 Å². The first kappa shape index (κ1) is 23.2. The van der Waals surface area contributed by atoms with Gasteiger partial charge in [-0.2, -0.15) is 0 Å². The third-order valence-corrected chi connectivity index (χ3v) is 6.96. The summed E-state index contributed by atoms with van der Waals surface area (Å²) < 4.78 is 0. The Bertz CT molecular complexity index is 442. The number of halogens is 1. The summed E-state index contributed by atoms with van der Waals surface area (Å²) in [5.41, 5.74) is 0.608. The molecule has 158 valence electrons. The normalized spacial score (nSPS) is 24.2. The summed E-state index contributed by atoms with van der Waals surface area (Å²) in [5.74, 6) is 1.14. The first-order valence-electron chi connectivity index (χ1n) is 11.1. The number of nitrogens with zero attached hydrogens (tertiary/aromatic N) is 4. The zero-order valence-electron chi connectivity index (χ0n) is 17.7. The predicted molar refractivity (Wildman–Crippen MR) is 126 cm³/mol. The van der Waals surface area contributed by atoms with Crippen LogP contribution in [-0.2, 0) is 0 Å². The number of piperazine rings is 1. The van der Waals surface area contributed by atoms with Crippen molar-refractivity contribution in [3.8, 4) is 0 Å². The minimum atomic E-state index is 0. The molecule has 1 saturated carbocycles. The highest BCUT2D eigenvalue weighted by Crippen LogP contribution is 2.43. The number of likely N-dealkylation sites (N-methyl/N-ethyl adjacent to an activating group) is 1. The van der Waals surface area contributed by atoms with Crippen molar-refractivity contribution in [2.75, 3.05) is 66.0 Å². The number of unbranched alkanes of at least 4 members (excludes halogenated alkanes) is 1. The average Bonchev–Trinajstić information content (AvgIpc) is 3.08. The maximum atomic E-state index is 4.57. The van der Waals surface area contributed by atoms with Crippen LogP contribution in [0, 0.1) is 5.41 Å². The lowest BCUT2D eigenvalue weighted by Gasteiger charge is -2.34. The standard InChI is InChI=1S/C21H41N5.HI/c1-3-24-15-17-25(18-16-24)13-8-7-12-23-20(22-2)26-14-11-21(19-26)9-5-4-6-10-21;/h3-19H2,1-2H3,(H,22,23);1H. The molecule has 3 fully saturated rings. The first-order chi connectivity index (χ1) is 12.7. The van der Waals surface area contributed by atoms with E-state index in [1.807, 2.05) is 7.05 Å². The molecular formula is C21H42IN5. The summed E-state index contributed by atoms with van der Waals surface area (Å²) in [4.78, 5) is 12.3. The molecule has 0 atom stereocenters. The van der Waals surface area contributed by atoms with E-state index in [2.05, 4.69) is 31.9 Å². The molecule has 1 aliphatic carbocycles. The van der Waals surface area contributed by atoms with Crippen LogP contribution in [-0.4, -0.2) is 86.6 Å². The van der Waals surface area contributed by atoms with Crippen LogP contribution >= 0.6 is 24.0 Å². The van der Waals surface area contributed by atoms with E-state index in [1.54, 1.807) is 0 Å². The van der Waals surface area contributed by atoms with E-state index in [-0.39, 0.29) is 24.0 Å². The molecule has 5 nitrogen and oxygen atoms in total. The molecule has 0 aromatic heterocycles. The SMILES string of the molecule is CCN1CCN(CCCCNC(=NC)N2CCC3(CCCCC3)C2)CC1.I. The molecule has 2 aliphatic heterocycles. The van der Waals surface area contributed by atoms with Gasteiger partial charge in [0.15, 0.2) is 5.96 Å². The molecule has 1 spiro atoms. The van der Waals surface area contributed by atoms with Gasteiger partial charge in [-0.15, -0.1) is 24.0 Å². The Kier molecular flexibility index (Phi) is 10.1. The van der Waals surface area contributed by atoms with Crippen molar-refractivity contribution in [3.05, 3.63) is 0 Å². The Morgan fingerprint density at radius 3 is 2.30 bits per heavy atom. The molecule has 1 N–H and O–H groups in total. The molecule has 2 saturated heterocycles. The lowest BCUT2D eigenvalue weighted by Crippen LogP contribution is -2.46. The lowest BCUT2D eigenvalue weighted by molar-refractivity contribution is 0.136. The zero-order valence-corrected chi connectivity index (χ0v) is 20.0. The molecule has 2 heterocycles. The minimum Gasteiger partial charge on any atom is -0.356 e. The van der Waals surface area contributed by atoms with E-state index in [9.17, 15) is 0 Å². The van der Waals surface area contributed by atoms with Gasteiger partial charge >= 0.3 is 0 Å². The molecule has 0 aromatic carbocycles. The van der Waals surface area contributed by atoms with Crippen LogP contribution in [0.15, 0.2) is 4.99 Å². The van der Waals surface area contributed by atoms with Crippen LogP contribution in [0.4, 0.5) is 0 Å². The summed E-state index contributed by atoms with van der Waals surface area (Å²) in [5, 5.41) is 3.64. The highest BCUT2D eigenvalue weighted by atomic mass is 127. The van der Waals surface area contributed by atoms with E-state index in [4.69, 9.17) is 0 Å². The topological polar surface area (TPSA) is 34.1 Å². The third-order valence-electron chi connectivity index (χ3n) is 6.96. The summed E-state index contributed by atoms with van der Waals surface area (Å²) >= 11 is 0. The largest absolute Gasteiger partial charge is 0.356 e. The highest BCUT2D eigenvalue weighted by Gasteiger charge is 2.39. The Balaban J connectivity index is 0.00000261. The predicted octanol–water partition coefficient (Wildman–Crippen LogP) is 3.25. The summed E-state index contributed by atoms with van der Waals surface area (Å²) in [6, 6.07) is 0. The van der Waals surface area contributed by atoms with Gasteiger partial charge in [-0.05, 0) is 50.6 Å². The van der Waals surface area contributed by atoms with Gasteiger partial charge in [0.25, 0.3) is 0 Å². The molecule has 0 radical (unpaired) electrons. The van der Waals surface area contributed by atoms with Crippen molar-refractivity contribution in [1.29, 1.82) is 0 Å². The molecule has 27 heavy (non-hydrogen) atoms. The van der Waals surface area contributed by atoms with Crippen LogP contribution in [0.2, 0.25) is 0 Å². The van der Waals surface area contributed by atoms with Gasteiger partial charge in [0, 0.05) is 52.9 Å². The number of rotatable bonds is 6. The molecular weight excluding hydrogens is 449 g/mol. The van der Waals surface area contributed by atoms with E-state index in [0.29, 0.717) is 5.41 Å². The van der Waals surface area contributed by atoms with Crippen molar-refractivity contribution >= 4 is 29.9 Å². The van der Waals surface area contributed by atoms with Crippen molar-refractivity contribution in [1.82, 2.24) is 20.0 Å². The van der Waals surface area contributed by atoms with Crippen molar-refractivity contribution in [2.45, 2.75) is 58.3 Å². The summed E-state index contributed by atoms with van der Waals surface area (Å²) in [6.07, 6.45) is 11.1. The number of hydrogen-bond donors (Lipinski definition) is 1. The van der Waals surface area contributed by atoms with Crippen molar-refractivity contribution < 1.29 is 0 Å². The second-order valence-electron chi connectivity index (χ2n) is 8.69. The summed E-state index contributed by atoms with van der Waals surface area (Å²) in [6.45, 7) is 13.2. The fourth-order valence-electron chi connectivity index (χ4n) is 5.15. The van der Waals surface area contributed by atoms with Crippen LogP contribution in [0.5, 0.6) is 0 Å². The van der Waals surface area contributed by atoms with Crippen LogP contribution in [0.3, 0.4) is 0 Å². The van der Waals surface area contributed by atoms with E-state index in [1.165, 1.54) is 104 Å². The monoisotopic (exact) mass is 491 g/mol. The number of likely N-dealkylation sites (tertiary alicyclic amines) is 1. The molecule has 0 aromatic rings. The van der Waals surface area contributed by atoms with E-state index >= 15 is 0 Å². The molecule has 3 aliphatic rings. The van der Waals surface area contributed by atoms with Gasteiger partial charge in [-0.1, -0.05) is 26.2 Å². The number of hydrogen-bond acceptors (Lipinski definition) is 3. The number of guanidine groups is 1. The number of nitrogens with one attached hydrogen (secondary N) is 1. The van der Waals surface area contributed by atoms with Gasteiger partial charge in [0.05, 0.1) is 0 Å². The Hall–Kier alpha value is -0.0800. The first-order valence-corrected chi connectivity index (χ1v) is 11.1. The van der Waals surface area contributed by atoms with Gasteiger partial charge in [-0.3, -0.25) is 4.99 Å². The molecule has 3 rings (SSSR count). The molecule has 6 heteroatoms. The lowest BCUT2D eigenvalue weighted by atomic mass is 9.73. The second kappa shape index (κ2) is 11.8. The van der Waals surface area contributed by atoms with Crippen LogP contribution in [0.25, 0.3) is 0 Å². The molecule has 0 bridgehead atoms. The zero-order chi connectivity index (χ0) is 18.2. The fourth-order valence-corrected chi connectivity index (χ4v) is 5.15. The maximum absolute atomic E-state index is 4.57. The van der Waals surface area contributed by atoms with Crippen molar-refractivity contribution in [2.24, 2.45) is 10.4 Å². The van der Waals surface area contributed by atoms with Gasteiger partial charge in [0.1, 0.15) is 0 Å². The Morgan fingerprint density at radius 1 is 0.926 bits per heavy atom. The van der Waals surface area contributed by atoms with E-state index < -0.39 is 0 Å². The quantitative estimate of drug-likeness (QED) is 0.268. The van der Waals surface area contributed by atoms with Crippen molar-refractivity contribution in [3.63, 3.8) is 0 Å². The van der Waals surface area contributed by atoms with Gasteiger partial charge < -0.3 is 20.0 Å². The highest BCUT2D eigenvalue weighted by molar-refractivity contribution is 14.0. The third kappa shape index (κ3) is 6.74. The van der Waals surface area contributed by atoms with Gasteiger partial charge in [0.2, 0.25) is 0 Å². The van der Waals surface area contributed by atoms with Crippen LogP contribution < -0.4 is 5.32 Å². The maximum Gasteiger partial charge on any atom is 0.193 e. The summed E-state index contributed by atoms with van der Waals surface area (Å²) in [7, 11) is 1.95. The second-order valence-corrected chi connectivity index (χ2v) is 8.69. The Labute approximate surface area is 184 Å². The number of aliphatic imine (C=N–C) groups is 1. The minimum absolute atomic E-state index is 0. The Morgan fingerprint density at radius 2 is 1.63 bits per heavy atom. The average molecular weight is 492 g/mol. The van der Waals surface area contributed by atoms with Gasteiger partial charge in [-0.25, -0.2) is 0 Å². The smallest absolute Gasteiger partial charge is 0.193 e. The molecule has 0 amide bonds. The molecule has 0 unspecified atom stereocenters.